The van der Waals surface area contributed by atoms with Crippen molar-refractivity contribution in [3.8, 4) is 0 Å². The maximum Gasteiger partial charge on any atom is 0.324 e. The predicted octanol–water partition coefficient (Wildman–Crippen LogP) is 3.02. The van der Waals surface area contributed by atoms with Gasteiger partial charge in [-0.25, -0.2) is 13.6 Å². The molecule has 1 heterocycles. The molecule has 0 radical (unpaired) electrons. The number of carbonyl (C=O) groups is 3. The van der Waals surface area contributed by atoms with E-state index in [0.717, 1.165) is 12.1 Å². The van der Waals surface area contributed by atoms with Crippen LogP contribution in [0.3, 0.4) is 0 Å². The molecule has 3 rings (SSSR count). The molecule has 0 unspecified atom stereocenters. The summed E-state index contributed by atoms with van der Waals surface area (Å²) in [4.78, 5) is 41.1. The van der Waals surface area contributed by atoms with Gasteiger partial charge >= 0.3 is 18.4 Å². The van der Waals surface area contributed by atoms with Crippen LogP contribution < -0.4 is 15.8 Å². The van der Waals surface area contributed by atoms with Crippen molar-refractivity contribution in [2.24, 2.45) is 0 Å². The minimum Gasteiger partial charge on any atom is -0.322 e. The molecule has 1 aliphatic rings. The third-order valence-corrected chi connectivity index (χ3v) is 5.65. The van der Waals surface area contributed by atoms with Crippen LogP contribution in [-0.4, -0.2) is 67.3 Å². The summed E-state index contributed by atoms with van der Waals surface area (Å²) in [6.07, 6.45) is -3.33. The standard InChI is InChI=1S/C22H22ClF4N5O3/c1-30-6-8-31(9-7-30)22(35)32(15-4-5-17(24)16(23)11-15)12-14-3-2-13(10-18(14)25)20(33)28-29-21(34)19(26)27/h2-5,10-11,19H,6-9,12H2,1H3,(H,28,33)(H,29,34). The molecule has 2 aromatic carbocycles. The molecule has 1 aliphatic heterocycles. The van der Waals surface area contributed by atoms with Gasteiger partial charge in [-0.1, -0.05) is 17.7 Å². The molecule has 2 N–H and O–H groups in total. The number of benzene rings is 2. The van der Waals surface area contributed by atoms with Gasteiger partial charge in [0.15, 0.2) is 0 Å². The van der Waals surface area contributed by atoms with E-state index in [9.17, 15) is 31.9 Å². The van der Waals surface area contributed by atoms with Crippen LogP contribution in [0.2, 0.25) is 5.02 Å². The van der Waals surface area contributed by atoms with E-state index in [4.69, 9.17) is 11.6 Å². The number of likely N-dealkylation sites (N-methyl/N-ethyl adjacent to an activating group) is 1. The van der Waals surface area contributed by atoms with Crippen LogP contribution in [0.1, 0.15) is 15.9 Å². The molecule has 0 aromatic heterocycles. The third kappa shape index (κ3) is 6.61. The number of hydrogen-bond acceptors (Lipinski definition) is 4. The quantitative estimate of drug-likeness (QED) is 0.473. The number of urea groups is 1. The summed E-state index contributed by atoms with van der Waals surface area (Å²) in [5.41, 5.74) is 3.30. The van der Waals surface area contributed by atoms with E-state index in [-0.39, 0.29) is 28.4 Å². The summed E-state index contributed by atoms with van der Waals surface area (Å²) in [7, 11) is 1.92. The van der Waals surface area contributed by atoms with Gasteiger partial charge in [-0.3, -0.25) is 25.3 Å². The van der Waals surface area contributed by atoms with Crippen LogP contribution in [0, 0.1) is 11.6 Å². The molecular formula is C22H22ClF4N5O3. The molecule has 0 saturated carbocycles. The van der Waals surface area contributed by atoms with Crippen molar-refractivity contribution in [3.63, 3.8) is 0 Å². The van der Waals surface area contributed by atoms with Crippen LogP contribution in [0.25, 0.3) is 0 Å². The molecule has 0 aliphatic carbocycles. The summed E-state index contributed by atoms with van der Waals surface area (Å²) in [5, 5.41) is -0.211. The van der Waals surface area contributed by atoms with Crippen LogP contribution >= 0.6 is 11.6 Å². The van der Waals surface area contributed by atoms with E-state index >= 15 is 0 Å². The van der Waals surface area contributed by atoms with E-state index in [1.54, 1.807) is 10.3 Å². The number of piperazine rings is 1. The first kappa shape index (κ1) is 26.2. The monoisotopic (exact) mass is 515 g/mol. The second-order valence-electron chi connectivity index (χ2n) is 7.81. The van der Waals surface area contributed by atoms with Crippen molar-refractivity contribution >= 4 is 35.1 Å². The van der Waals surface area contributed by atoms with Gasteiger partial charge in [0.25, 0.3) is 5.91 Å². The fraction of sp³-hybridized carbons (Fsp3) is 0.318. The summed E-state index contributed by atoms with van der Waals surface area (Å²) in [6.45, 7) is 1.90. The molecule has 188 valence electrons. The number of hydrazine groups is 1. The fourth-order valence-electron chi connectivity index (χ4n) is 3.32. The van der Waals surface area contributed by atoms with E-state index in [1.165, 1.54) is 34.6 Å². The van der Waals surface area contributed by atoms with Crippen molar-refractivity contribution in [2.75, 3.05) is 38.1 Å². The molecule has 13 heteroatoms. The topological polar surface area (TPSA) is 85.0 Å². The molecule has 1 saturated heterocycles. The number of nitrogens with one attached hydrogen (secondary N) is 2. The normalized spacial score (nSPS) is 14.1. The van der Waals surface area contributed by atoms with Crippen molar-refractivity contribution in [1.82, 2.24) is 20.7 Å². The first-order valence-electron chi connectivity index (χ1n) is 10.4. The second kappa shape index (κ2) is 11.4. The Labute approximate surface area is 203 Å². The summed E-state index contributed by atoms with van der Waals surface area (Å²) >= 11 is 5.90. The molecule has 0 bridgehead atoms. The van der Waals surface area contributed by atoms with E-state index < -0.39 is 35.9 Å². The number of hydrogen-bond donors (Lipinski definition) is 2. The van der Waals surface area contributed by atoms with Gasteiger partial charge in [0, 0.05) is 43.0 Å². The largest absolute Gasteiger partial charge is 0.324 e. The molecular weight excluding hydrogens is 494 g/mol. The fourth-order valence-corrected chi connectivity index (χ4v) is 3.50. The van der Waals surface area contributed by atoms with Crippen LogP contribution in [0.4, 0.5) is 28.0 Å². The predicted molar refractivity (Wildman–Crippen MR) is 120 cm³/mol. The van der Waals surface area contributed by atoms with Gasteiger partial charge in [0.1, 0.15) is 11.6 Å². The Morgan fingerprint density at radius 3 is 2.29 bits per heavy atom. The second-order valence-corrected chi connectivity index (χ2v) is 8.21. The highest BCUT2D eigenvalue weighted by molar-refractivity contribution is 6.31. The maximum absolute atomic E-state index is 14.9. The average Bonchev–Trinajstić information content (AvgIpc) is 2.83. The molecule has 2 aromatic rings. The Morgan fingerprint density at radius 1 is 1.00 bits per heavy atom. The highest BCUT2D eigenvalue weighted by atomic mass is 35.5. The Balaban J connectivity index is 1.82. The summed E-state index contributed by atoms with van der Waals surface area (Å²) < 4.78 is 53.1. The Hall–Kier alpha value is -3.38. The van der Waals surface area contributed by atoms with Gasteiger partial charge in [0.2, 0.25) is 0 Å². The third-order valence-electron chi connectivity index (χ3n) is 5.36. The van der Waals surface area contributed by atoms with Crippen molar-refractivity contribution in [1.29, 1.82) is 0 Å². The smallest absolute Gasteiger partial charge is 0.322 e. The number of rotatable bonds is 5. The zero-order valence-corrected chi connectivity index (χ0v) is 19.3. The minimum atomic E-state index is -3.33. The Kier molecular flexibility index (Phi) is 8.52. The van der Waals surface area contributed by atoms with E-state index in [0.29, 0.717) is 26.2 Å². The molecule has 35 heavy (non-hydrogen) atoms. The first-order chi connectivity index (χ1) is 16.6. The van der Waals surface area contributed by atoms with Crippen molar-refractivity contribution < 1.29 is 31.9 Å². The van der Waals surface area contributed by atoms with Gasteiger partial charge in [-0.15, -0.1) is 0 Å². The van der Waals surface area contributed by atoms with Crippen LogP contribution in [0.5, 0.6) is 0 Å². The molecule has 0 atom stereocenters. The number of alkyl halides is 2. The summed E-state index contributed by atoms with van der Waals surface area (Å²) in [5.74, 6) is -4.27. The zero-order chi connectivity index (χ0) is 25.7. The number of anilines is 1. The van der Waals surface area contributed by atoms with Crippen molar-refractivity contribution in [2.45, 2.75) is 13.0 Å². The van der Waals surface area contributed by atoms with E-state index in [2.05, 4.69) is 4.90 Å². The number of amides is 4. The molecule has 8 nitrogen and oxygen atoms in total. The average molecular weight is 516 g/mol. The number of halogens is 5. The lowest BCUT2D eigenvalue weighted by atomic mass is 10.1. The first-order valence-corrected chi connectivity index (χ1v) is 10.8. The summed E-state index contributed by atoms with van der Waals surface area (Å²) in [6, 6.07) is 6.57. The lowest BCUT2D eigenvalue weighted by Gasteiger charge is -2.36. The van der Waals surface area contributed by atoms with Crippen molar-refractivity contribution in [3.05, 3.63) is 64.2 Å². The lowest BCUT2D eigenvalue weighted by molar-refractivity contribution is -0.132. The van der Waals surface area contributed by atoms with Gasteiger partial charge in [-0.2, -0.15) is 8.78 Å². The van der Waals surface area contributed by atoms with Crippen LogP contribution in [-0.2, 0) is 11.3 Å². The number of nitrogens with zero attached hydrogens (tertiary/aromatic N) is 3. The maximum atomic E-state index is 14.9. The molecule has 1 fully saturated rings. The van der Waals surface area contributed by atoms with E-state index in [1.807, 2.05) is 7.05 Å². The molecule has 4 amide bonds. The van der Waals surface area contributed by atoms with Gasteiger partial charge in [0.05, 0.1) is 11.6 Å². The van der Waals surface area contributed by atoms with Crippen LogP contribution in [0.15, 0.2) is 36.4 Å². The minimum absolute atomic E-state index is 0.0288. The highest BCUT2D eigenvalue weighted by Gasteiger charge is 2.27. The highest BCUT2D eigenvalue weighted by Crippen LogP contribution is 2.26. The SMILES string of the molecule is CN1CCN(C(=O)N(Cc2ccc(C(=O)NNC(=O)C(F)F)cc2F)c2ccc(F)c(Cl)c2)CC1. The van der Waals surface area contributed by atoms with Gasteiger partial charge in [-0.05, 0) is 37.4 Å². The number of carbonyl (C=O) groups excluding carboxylic acids is 3. The van der Waals surface area contributed by atoms with Gasteiger partial charge < -0.3 is 9.80 Å². The Morgan fingerprint density at radius 2 is 1.69 bits per heavy atom. The Bertz CT molecular complexity index is 1110. The lowest BCUT2D eigenvalue weighted by Crippen LogP contribution is -2.52. The zero-order valence-electron chi connectivity index (χ0n) is 18.5. The molecule has 0 spiro atoms.